The van der Waals surface area contributed by atoms with Crippen molar-refractivity contribution in [1.29, 1.82) is 0 Å². The number of fused-ring (bicyclic) bond motifs is 1. The highest BCUT2D eigenvalue weighted by Crippen LogP contribution is 2.21. The maximum Gasteiger partial charge on any atom is 0.192 e. The van der Waals surface area contributed by atoms with E-state index in [4.69, 9.17) is 4.42 Å². The fourth-order valence-corrected chi connectivity index (χ4v) is 1.72. The van der Waals surface area contributed by atoms with Gasteiger partial charge in [-0.25, -0.2) is 4.98 Å². The monoisotopic (exact) mass is 232 g/mol. The van der Waals surface area contributed by atoms with E-state index in [0.717, 1.165) is 23.3 Å². The molecule has 0 fully saturated rings. The number of nitrogens with zero attached hydrogens (tertiary/aromatic N) is 2. The first-order valence-corrected chi connectivity index (χ1v) is 5.64. The zero-order valence-corrected chi connectivity index (χ0v) is 10.4. The molecule has 4 heteroatoms. The van der Waals surface area contributed by atoms with Gasteiger partial charge < -0.3 is 9.32 Å². The zero-order valence-electron chi connectivity index (χ0n) is 10.4. The van der Waals surface area contributed by atoms with Crippen molar-refractivity contribution in [1.82, 2.24) is 4.98 Å². The van der Waals surface area contributed by atoms with Crippen molar-refractivity contribution in [3.05, 3.63) is 24.1 Å². The SMILES string of the molecule is CC(=O)CCN(C)c1ccc2oc(C)nc2c1. The van der Waals surface area contributed by atoms with E-state index in [1.165, 1.54) is 0 Å². The molecule has 0 aliphatic carbocycles. The molecule has 0 aliphatic rings. The smallest absolute Gasteiger partial charge is 0.192 e. The number of hydrogen-bond donors (Lipinski definition) is 0. The van der Waals surface area contributed by atoms with Gasteiger partial charge in [-0.2, -0.15) is 0 Å². The molecule has 0 spiro atoms. The molecular formula is C13H16N2O2. The van der Waals surface area contributed by atoms with Crippen molar-refractivity contribution in [3.63, 3.8) is 0 Å². The van der Waals surface area contributed by atoms with Crippen LogP contribution >= 0.6 is 0 Å². The first-order valence-electron chi connectivity index (χ1n) is 5.64. The number of anilines is 1. The molecular weight excluding hydrogens is 216 g/mol. The van der Waals surface area contributed by atoms with E-state index in [1.807, 2.05) is 37.1 Å². The van der Waals surface area contributed by atoms with Gasteiger partial charge in [-0.05, 0) is 25.1 Å². The van der Waals surface area contributed by atoms with Gasteiger partial charge in [0.15, 0.2) is 11.5 Å². The van der Waals surface area contributed by atoms with Crippen LogP contribution in [-0.2, 0) is 4.79 Å². The largest absolute Gasteiger partial charge is 0.441 e. The Balaban J connectivity index is 2.20. The molecule has 17 heavy (non-hydrogen) atoms. The molecule has 0 radical (unpaired) electrons. The Hall–Kier alpha value is -1.84. The van der Waals surface area contributed by atoms with Gasteiger partial charge in [-0.15, -0.1) is 0 Å². The van der Waals surface area contributed by atoms with Crippen LogP contribution in [0.4, 0.5) is 5.69 Å². The van der Waals surface area contributed by atoms with Crippen LogP contribution in [0.1, 0.15) is 19.2 Å². The van der Waals surface area contributed by atoms with Crippen molar-refractivity contribution in [3.8, 4) is 0 Å². The molecule has 90 valence electrons. The fourth-order valence-electron chi connectivity index (χ4n) is 1.72. The molecule has 0 bridgehead atoms. The van der Waals surface area contributed by atoms with Crippen molar-refractivity contribution in [2.24, 2.45) is 0 Å². The first kappa shape index (κ1) is 11.6. The summed E-state index contributed by atoms with van der Waals surface area (Å²) in [5, 5.41) is 0. The summed E-state index contributed by atoms with van der Waals surface area (Å²) >= 11 is 0. The molecule has 0 aliphatic heterocycles. The van der Waals surface area contributed by atoms with Gasteiger partial charge in [-0.1, -0.05) is 0 Å². The highest BCUT2D eigenvalue weighted by atomic mass is 16.3. The van der Waals surface area contributed by atoms with E-state index >= 15 is 0 Å². The summed E-state index contributed by atoms with van der Waals surface area (Å²) in [5.41, 5.74) is 2.70. The number of carbonyl (C=O) groups excluding carboxylic acids is 1. The molecule has 4 nitrogen and oxygen atoms in total. The van der Waals surface area contributed by atoms with E-state index in [1.54, 1.807) is 6.92 Å². The summed E-state index contributed by atoms with van der Waals surface area (Å²) in [6.07, 6.45) is 0.562. The van der Waals surface area contributed by atoms with Crippen LogP contribution < -0.4 is 4.90 Å². The Labute approximate surface area is 100 Å². The average molecular weight is 232 g/mol. The minimum absolute atomic E-state index is 0.204. The number of Topliss-reactive ketones (excluding diaryl/α,β-unsaturated/α-hetero) is 1. The lowest BCUT2D eigenvalue weighted by molar-refractivity contribution is -0.116. The summed E-state index contributed by atoms with van der Waals surface area (Å²) in [6.45, 7) is 4.16. The van der Waals surface area contributed by atoms with Gasteiger partial charge in [0.2, 0.25) is 0 Å². The molecule has 2 aromatic rings. The van der Waals surface area contributed by atoms with Crippen LogP contribution in [0.5, 0.6) is 0 Å². The first-order chi connectivity index (χ1) is 8.06. The summed E-state index contributed by atoms with van der Waals surface area (Å²) < 4.78 is 5.42. The van der Waals surface area contributed by atoms with E-state index in [2.05, 4.69) is 4.98 Å². The summed E-state index contributed by atoms with van der Waals surface area (Å²) in [4.78, 5) is 17.3. The van der Waals surface area contributed by atoms with Gasteiger partial charge in [0, 0.05) is 32.6 Å². The van der Waals surface area contributed by atoms with Gasteiger partial charge in [0.05, 0.1) is 0 Å². The molecule has 1 aromatic heterocycles. The second-order valence-corrected chi connectivity index (χ2v) is 4.26. The van der Waals surface area contributed by atoms with E-state index in [-0.39, 0.29) is 5.78 Å². The Morgan fingerprint density at radius 2 is 2.24 bits per heavy atom. The van der Waals surface area contributed by atoms with Gasteiger partial charge in [-0.3, -0.25) is 4.79 Å². The van der Waals surface area contributed by atoms with E-state index in [9.17, 15) is 4.79 Å². The minimum Gasteiger partial charge on any atom is -0.441 e. The molecule has 0 saturated carbocycles. The molecule has 2 rings (SSSR count). The number of carbonyl (C=O) groups is 1. The van der Waals surface area contributed by atoms with E-state index < -0.39 is 0 Å². The molecule has 0 saturated heterocycles. The topological polar surface area (TPSA) is 46.3 Å². The number of benzene rings is 1. The van der Waals surface area contributed by atoms with Crippen molar-refractivity contribution in [2.75, 3.05) is 18.5 Å². The third kappa shape index (κ3) is 2.64. The Morgan fingerprint density at radius 3 is 2.94 bits per heavy atom. The van der Waals surface area contributed by atoms with Crippen LogP contribution in [-0.4, -0.2) is 24.4 Å². The fraction of sp³-hybridized carbons (Fsp3) is 0.385. The predicted octanol–water partition coefficient (Wildman–Crippen LogP) is 2.55. The van der Waals surface area contributed by atoms with Crippen LogP contribution in [0.25, 0.3) is 11.1 Å². The molecule has 1 heterocycles. The maximum absolute atomic E-state index is 10.9. The Kier molecular flexibility index (Phi) is 3.13. The van der Waals surface area contributed by atoms with Crippen molar-refractivity contribution < 1.29 is 9.21 Å². The lowest BCUT2D eigenvalue weighted by atomic mass is 10.2. The lowest BCUT2D eigenvalue weighted by Gasteiger charge is -2.18. The quantitative estimate of drug-likeness (QED) is 0.812. The Bertz CT molecular complexity index is 545. The van der Waals surface area contributed by atoms with Crippen molar-refractivity contribution in [2.45, 2.75) is 20.3 Å². The number of aryl methyl sites for hydroxylation is 1. The van der Waals surface area contributed by atoms with Gasteiger partial charge in [0.1, 0.15) is 11.3 Å². The van der Waals surface area contributed by atoms with Crippen LogP contribution in [0.15, 0.2) is 22.6 Å². The maximum atomic E-state index is 10.9. The normalized spacial score (nSPS) is 10.8. The minimum atomic E-state index is 0.204. The van der Waals surface area contributed by atoms with Crippen LogP contribution in [0.2, 0.25) is 0 Å². The number of rotatable bonds is 4. The second-order valence-electron chi connectivity index (χ2n) is 4.26. The van der Waals surface area contributed by atoms with Gasteiger partial charge in [0.25, 0.3) is 0 Å². The van der Waals surface area contributed by atoms with E-state index in [0.29, 0.717) is 12.3 Å². The van der Waals surface area contributed by atoms with Crippen LogP contribution in [0, 0.1) is 6.92 Å². The summed E-state index contributed by atoms with van der Waals surface area (Å²) in [6, 6.07) is 5.87. The standard InChI is InChI=1S/C13H16N2O2/c1-9(16)6-7-15(3)11-4-5-13-12(8-11)14-10(2)17-13/h4-5,8H,6-7H2,1-3H3. The van der Waals surface area contributed by atoms with Crippen molar-refractivity contribution >= 4 is 22.6 Å². The molecule has 1 aromatic carbocycles. The number of hydrogen-bond acceptors (Lipinski definition) is 4. The van der Waals surface area contributed by atoms with Gasteiger partial charge >= 0.3 is 0 Å². The molecule has 0 amide bonds. The number of oxazole rings is 1. The molecule has 0 N–H and O–H groups in total. The third-order valence-corrected chi connectivity index (χ3v) is 2.72. The highest BCUT2D eigenvalue weighted by Gasteiger charge is 2.06. The number of aromatic nitrogens is 1. The Morgan fingerprint density at radius 1 is 1.47 bits per heavy atom. The summed E-state index contributed by atoms with van der Waals surface area (Å²) in [5.74, 6) is 0.874. The number of ketones is 1. The molecule has 0 unspecified atom stereocenters. The average Bonchev–Trinajstić information content (AvgIpc) is 2.64. The van der Waals surface area contributed by atoms with Crippen LogP contribution in [0.3, 0.4) is 0 Å². The molecule has 0 atom stereocenters. The zero-order chi connectivity index (χ0) is 12.4. The highest BCUT2D eigenvalue weighted by molar-refractivity contribution is 5.78. The summed E-state index contributed by atoms with van der Waals surface area (Å²) in [7, 11) is 1.97. The lowest BCUT2D eigenvalue weighted by Crippen LogP contribution is -2.20. The predicted molar refractivity (Wildman–Crippen MR) is 67.3 cm³/mol. The second kappa shape index (κ2) is 4.57. The third-order valence-electron chi connectivity index (χ3n) is 2.72.